The van der Waals surface area contributed by atoms with Crippen molar-refractivity contribution in [1.29, 1.82) is 0 Å². The number of aliphatic hydroxyl groups excluding tert-OH is 1. The Morgan fingerprint density at radius 3 is 2.71 bits per heavy atom. The summed E-state index contributed by atoms with van der Waals surface area (Å²) in [4.78, 5) is 20.9. The maximum absolute atomic E-state index is 10.1. The molecule has 0 spiro atoms. The molecule has 0 radical (unpaired) electrons. The topological polar surface area (TPSA) is 120 Å². The third-order valence-electron chi connectivity index (χ3n) is 6.26. The first-order chi connectivity index (χ1) is 16.6. The van der Waals surface area contributed by atoms with Crippen molar-refractivity contribution in [2.75, 3.05) is 50.0 Å². The van der Waals surface area contributed by atoms with Crippen LogP contribution in [0.2, 0.25) is 0 Å². The van der Waals surface area contributed by atoms with Crippen LogP contribution in [0.25, 0.3) is 10.9 Å². The molecule has 180 valence electrons. The van der Waals surface area contributed by atoms with Gasteiger partial charge in [0.05, 0.1) is 11.8 Å². The molecular weight excluding hydrogens is 432 g/mol. The lowest BCUT2D eigenvalue weighted by Crippen LogP contribution is -2.42. The van der Waals surface area contributed by atoms with Crippen molar-refractivity contribution in [3.63, 3.8) is 0 Å². The van der Waals surface area contributed by atoms with Gasteiger partial charge < -0.3 is 25.8 Å². The minimum atomic E-state index is -0.679. The van der Waals surface area contributed by atoms with Gasteiger partial charge in [0.25, 0.3) is 0 Å². The van der Waals surface area contributed by atoms with Crippen LogP contribution in [0, 0.1) is 0 Å². The van der Waals surface area contributed by atoms with Crippen LogP contribution < -0.4 is 16.0 Å². The van der Waals surface area contributed by atoms with E-state index in [2.05, 4.69) is 41.9 Å². The van der Waals surface area contributed by atoms with Crippen LogP contribution in [-0.2, 0) is 11.3 Å². The van der Waals surface area contributed by atoms with Crippen molar-refractivity contribution >= 4 is 28.5 Å². The molecule has 4 N–H and O–H groups in total. The molecule has 10 nitrogen and oxygen atoms in total. The molecular formula is C24H32N8O2. The van der Waals surface area contributed by atoms with E-state index >= 15 is 0 Å². The van der Waals surface area contributed by atoms with Gasteiger partial charge in [-0.1, -0.05) is 6.07 Å². The number of aliphatic hydroxyl groups is 1. The summed E-state index contributed by atoms with van der Waals surface area (Å²) in [5.41, 5.74) is 2.49. The van der Waals surface area contributed by atoms with E-state index in [4.69, 9.17) is 9.72 Å². The maximum atomic E-state index is 10.1. The summed E-state index contributed by atoms with van der Waals surface area (Å²) in [6.45, 7) is 8.24. The van der Waals surface area contributed by atoms with Crippen molar-refractivity contribution in [1.82, 2.24) is 30.2 Å². The molecule has 0 aliphatic carbocycles. The Kier molecular flexibility index (Phi) is 7.10. The third-order valence-corrected chi connectivity index (χ3v) is 6.26. The van der Waals surface area contributed by atoms with Crippen LogP contribution in [0.5, 0.6) is 0 Å². The molecule has 1 atom stereocenters. The number of piperazine rings is 1. The minimum Gasteiger partial charge on any atom is -0.387 e. The Bertz CT molecular complexity index is 1100. The fraction of sp³-hybridized carbons (Fsp3) is 0.500. The second-order valence-corrected chi connectivity index (χ2v) is 8.94. The summed E-state index contributed by atoms with van der Waals surface area (Å²) in [7, 11) is 0. The number of fused-ring (bicyclic) bond motifs is 1. The molecule has 2 aliphatic heterocycles. The molecule has 0 bridgehead atoms. The number of hydrogen-bond donors (Lipinski definition) is 4. The zero-order chi connectivity index (χ0) is 23.3. The van der Waals surface area contributed by atoms with E-state index in [9.17, 15) is 5.11 Å². The molecule has 10 heteroatoms. The number of rotatable bonds is 7. The molecule has 0 amide bonds. The summed E-state index contributed by atoms with van der Waals surface area (Å²) in [5, 5.41) is 21.0. The zero-order valence-corrected chi connectivity index (χ0v) is 19.5. The molecule has 2 aliphatic rings. The summed E-state index contributed by atoms with van der Waals surface area (Å²) in [5.74, 6) is 1.80. The maximum Gasteiger partial charge on any atom is 0.229 e. The summed E-state index contributed by atoms with van der Waals surface area (Å²) in [6, 6.07) is 6.14. The van der Waals surface area contributed by atoms with Crippen molar-refractivity contribution in [2.24, 2.45) is 0 Å². The van der Waals surface area contributed by atoms with Crippen molar-refractivity contribution < 1.29 is 9.84 Å². The third kappa shape index (κ3) is 5.58. The van der Waals surface area contributed by atoms with Crippen LogP contribution in [0.15, 0.2) is 30.6 Å². The van der Waals surface area contributed by atoms with E-state index in [1.807, 2.05) is 18.3 Å². The standard InChI is InChI=1S/C24H32N8O2/c1-16(33)20-12-18-14-27-24(31-22(18)23(29-20)28-19-4-10-34-11-5-19)30-21-3-2-17(13-26-21)15-32-8-6-25-7-9-32/h2-3,12-14,16,19,25,33H,4-11,15H2,1H3,(H,28,29)(H,26,27,30,31)/t16-/m1/s1. The highest BCUT2D eigenvalue weighted by Crippen LogP contribution is 2.26. The number of ether oxygens (including phenoxy) is 1. The van der Waals surface area contributed by atoms with E-state index in [1.165, 1.54) is 5.56 Å². The van der Waals surface area contributed by atoms with Crippen LogP contribution in [-0.4, -0.2) is 75.4 Å². The Labute approximate surface area is 199 Å². The van der Waals surface area contributed by atoms with Gasteiger partial charge in [0.1, 0.15) is 11.3 Å². The number of nitrogens with zero attached hydrogens (tertiary/aromatic N) is 5. The predicted octanol–water partition coefficient (Wildman–Crippen LogP) is 2.21. The van der Waals surface area contributed by atoms with E-state index in [1.54, 1.807) is 13.1 Å². The fourth-order valence-electron chi connectivity index (χ4n) is 4.30. The molecule has 3 aromatic heterocycles. The molecule has 5 heterocycles. The lowest BCUT2D eigenvalue weighted by Gasteiger charge is -2.27. The number of hydrogen-bond acceptors (Lipinski definition) is 10. The zero-order valence-electron chi connectivity index (χ0n) is 19.5. The van der Waals surface area contributed by atoms with Gasteiger partial charge in [0, 0.05) is 69.8 Å². The molecule has 2 saturated heterocycles. The normalized spacial score (nSPS) is 18.6. The lowest BCUT2D eigenvalue weighted by molar-refractivity contribution is 0.0904. The average Bonchev–Trinajstić information content (AvgIpc) is 2.86. The van der Waals surface area contributed by atoms with Crippen LogP contribution in [0.3, 0.4) is 0 Å². The SMILES string of the molecule is C[C@@H](O)c1cc2cnc(Nc3ccc(CN4CCNCC4)cn3)nc2c(NC2CCOCC2)n1. The first kappa shape index (κ1) is 22.9. The van der Waals surface area contributed by atoms with Gasteiger partial charge in [0.15, 0.2) is 5.82 Å². The van der Waals surface area contributed by atoms with Gasteiger partial charge in [-0.2, -0.15) is 0 Å². The van der Waals surface area contributed by atoms with E-state index in [0.29, 0.717) is 28.8 Å². The van der Waals surface area contributed by atoms with E-state index in [-0.39, 0.29) is 6.04 Å². The number of aromatic nitrogens is 4. The fourth-order valence-corrected chi connectivity index (χ4v) is 4.30. The van der Waals surface area contributed by atoms with E-state index in [0.717, 1.165) is 64.2 Å². The molecule has 0 saturated carbocycles. The number of nitrogens with one attached hydrogen (secondary N) is 3. The highest BCUT2D eigenvalue weighted by atomic mass is 16.5. The number of pyridine rings is 2. The van der Waals surface area contributed by atoms with Gasteiger partial charge in [0.2, 0.25) is 5.95 Å². The van der Waals surface area contributed by atoms with Gasteiger partial charge in [-0.15, -0.1) is 0 Å². The first-order valence-corrected chi connectivity index (χ1v) is 12.0. The number of anilines is 3. The molecule has 5 rings (SSSR count). The lowest BCUT2D eigenvalue weighted by atomic mass is 10.1. The smallest absolute Gasteiger partial charge is 0.229 e. The van der Waals surface area contributed by atoms with Crippen LogP contribution in [0.1, 0.15) is 37.1 Å². The van der Waals surface area contributed by atoms with Crippen molar-refractivity contribution in [3.05, 3.63) is 41.9 Å². The second-order valence-electron chi connectivity index (χ2n) is 8.94. The predicted molar refractivity (Wildman–Crippen MR) is 131 cm³/mol. The van der Waals surface area contributed by atoms with Crippen molar-refractivity contribution in [2.45, 2.75) is 38.5 Å². The largest absolute Gasteiger partial charge is 0.387 e. The summed E-state index contributed by atoms with van der Waals surface area (Å²) in [6.07, 6.45) is 4.79. The van der Waals surface area contributed by atoms with Gasteiger partial charge in [-0.05, 0) is 37.5 Å². The highest BCUT2D eigenvalue weighted by Gasteiger charge is 2.18. The summed E-state index contributed by atoms with van der Waals surface area (Å²) >= 11 is 0. The molecule has 2 fully saturated rings. The average molecular weight is 465 g/mol. The van der Waals surface area contributed by atoms with E-state index < -0.39 is 6.10 Å². The van der Waals surface area contributed by atoms with Gasteiger partial charge in [-0.25, -0.2) is 19.9 Å². The Morgan fingerprint density at radius 2 is 1.97 bits per heavy atom. The van der Waals surface area contributed by atoms with Crippen molar-refractivity contribution in [3.8, 4) is 0 Å². The Balaban J connectivity index is 1.35. The highest BCUT2D eigenvalue weighted by molar-refractivity contribution is 5.89. The summed E-state index contributed by atoms with van der Waals surface area (Å²) < 4.78 is 5.47. The monoisotopic (exact) mass is 464 g/mol. The molecule has 0 unspecified atom stereocenters. The van der Waals surface area contributed by atoms with Crippen LogP contribution in [0.4, 0.5) is 17.6 Å². The quantitative estimate of drug-likeness (QED) is 0.414. The molecule has 34 heavy (non-hydrogen) atoms. The minimum absolute atomic E-state index is 0.255. The second kappa shape index (κ2) is 10.6. The molecule has 0 aromatic carbocycles. The van der Waals surface area contributed by atoms with Gasteiger partial charge >= 0.3 is 0 Å². The first-order valence-electron chi connectivity index (χ1n) is 12.0. The van der Waals surface area contributed by atoms with Crippen LogP contribution >= 0.6 is 0 Å². The Hall–Kier alpha value is -2.92. The Morgan fingerprint density at radius 1 is 1.15 bits per heavy atom. The van der Waals surface area contributed by atoms with Gasteiger partial charge in [-0.3, -0.25) is 4.90 Å². The molecule has 3 aromatic rings.